The number of carbonyl (C=O) groups excluding carboxylic acids is 2. The highest BCUT2D eigenvalue weighted by Gasteiger charge is 2.11. The Kier molecular flexibility index (Phi) is 4.92. The fourth-order valence-electron chi connectivity index (χ4n) is 2.70. The predicted octanol–water partition coefficient (Wildman–Crippen LogP) is 4.09. The largest absolute Gasteiger partial charge is 0.427 e. The van der Waals surface area contributed by atoms with Crippen LogP contribution >= 0.6 is 11.3 Å². The van der Waals surface area contributed by atoms with Gasteiger partial charge in [-0.2, -0.15) is 0 Å². The van der Waals surface area contributed by atoms with Gasteiger partial charge in [-0.1, -0.05) is 6.07 Å². The second-order valence-electron chi connectivity index (χ2n) is 6.09. The first-order chi connectivity index (χ1) is 14.0. The summed E-state index contributed by atoms with van der Waals surface area (Å²) in [6.07, 6.45) is 0. The van der Waals surface area contributed by atoms with Gasteiger partial charge in [-0.15, -0.1) is 11.3 Å². The number of aromatic nitrogens is 1. The van der Waals surface area contributed by atoms with E-state index in [1.807, 2.05) is 11.4 Å². The number of rotatable bonds is 4. The molecule has 0 atom stereocenters. The molecule has 2 heterocycles. The number of nitrogens with one attached hydrogen (secondary N) is 1. The van der Waals surface area contributed by atoms with Crippen molar-refractivity contribution in [3.05, 3.63) is 75.3 Å². The topological polar surface area (TPSA) is 98.5 Å². The lowest BCUT2D eigenvalue weighted by atomic mass is 10.2. The Hall–Kier alpha value is -3.78. The first-order valence-electron chi connectivity index (χ1n) is 8.58. The molecule has 2 aromatic heterocycles. The van der Waals surface area contributed by atoms with Crippen molar-refractivity contribution >= 4 is 39.8 Å². The van der Waals surface area contributed by atoms with Crippen LogP contribution in [0.4, 0.5) is 5.69 Å². The van der Waals surface area contributed by atoms with Crippen LogP contribution in [0.25, 0.3) is 22.4 Å². The highest BCUT2D eigenvalue weighted by Crippen LogP contribution is 2.23. The van der Waals surface area contributed by atoms with E-state index in [4.69, 9.17) is 9.15 Å². The fraction of sp³-hybridized carbons (Fsp3) is 0.0476. The molecular formula is C21H14N2O5S. The van der Waals surface area contributed by atoms with Crippen LogP contribution in [0.1, 0.15) is 16.6 Å². The summed E-state index contributed by atoms with van der Waals surface area (Å²) in [7, 11) is 0. The zero-order valence-electron chi connectivity index (χ0n) is 15.2. The van der Waals surface area contributed by atoms with E-state index >= 15 is 0 Å². The first-order valence-corrected chi connectivity index (χ1v) is 9.46. The lowest BCUT2D eigenvalue weighted by molar-refractivity contribution is -0.131. The van der Waals surface area contributed by atoms with Crippen LogP contribution in [0.2, 0.25) is 0 Å². The molecule has 0 fully saturated rings. The number of hydrogen-bond acceptors (Lipinski definition) is 7. The van der Waals surface area contributed by atoms with Gasteiger partial charge in [-0.3, -0.25) is 9.59 Å². The van der Waals surface area contributed by atoms with Crippen LogP contribution in [-0.4, -0.2) is 16.9 Å². The number of amides is 1. The number of fused-ring (bicyclic) bond motifs is 1. The summed E-state index contributed by atoms with van der Waals surface area (Å²) in [6, 6.07) is 14.9. The molecule has 8 heteroatoms. The number of carbonyl (C=O) groups is 2. The predicted molar refractivity (Wildman–Crippen MR) is 109 cm³/mol. The van der Waals surface area contributed by atoms with Gasteiger partial charge < -0.3 is 14.5 Å². The highest BCUT2D eigenvalue weighted by atomic mass is 32.1. The third-order valence-electron chi connectivity index (χ3n) is 4.00. The molecule has 0 saturated heterocycles. The summed E-state index contributed by atoms with van der Waals surface area (Å²) in [4.78, 5) is 40.5. The van der Waals surface area contributed by atoms with Crippen LogP contribution in [-0.2, 0) is 4.79 Å². The van der Waals surface area contributed by atoms with E-state index in [1.54, 1.807) is 42.5 Å². The van der Waals surface area contributed by atoms with Crippen LogP contribution in [0.15, 0.2) is 69.2 Å². The fourth-order valence-corrected chi connectivity index (χ4v) is 3.32. The second-order valence-corrected chi connectivity index (χ2v) is 7.04. The van der Waals surface area contributed by atoms with Gasteiger partial charge in [0.15, 0.2) is 0 Å². The Morgan fingerprint density at radius 2 is 1.90 bits per heavy atom. The number of anilines is 1. The lowest BCUT2D eigenvalue weighted by Gasteiger charge is -2.06. The maximum absolute atomic E-state index is 12.4. The zero-order valence-corrected chi connectivity index (χ0v) is 16.0. The molecule has 144 valence electrons. The SMILES string of the molecule is CC(=O)Oc1ccc2nc(-c3ccc(NC(=O)c4cccs4)cc3)oc(=O)c2c1. The van der Waals surface area contributed by atoms with Gasteiger partial charge in [0.25, 0.3) is 5.91 Å². The highest BCUT2D eigenvalue weighted by molar-refractivity contribution is 7.12. The van der Waals surface area contributed by atoms with Crippen LogP contribution in [0.3, 0.4) is 0 Å². The quantitative estimate of drug-likeness (QED) is 0.405. The third-order valence-corrected chi connectivity index (χ3v) is 4.86. The van der Waals surface area contributed by atoms with E-state index in [2.05, 4.69) is 10.3 Å². The zero-order chi connectivity index (χ0) is 20.4. The smallest absolute Gasteiger partial charge is 0.347 e. The monoisotopic (exact) mass is 406 g/mol. The Morgan fingerprint density at radius 3 is 2.59 bits per heavy atom. The number of ether oxygens (including phenoxy) is 1. The van der Waals surface area contributed by atoms with Crippen molar-refractivity contribution < 1.29 is 18.7 Å². The number of esters is 1. The molecule has 0 unspecified atom stereocenters. The number of hydrogen-bond donors (Lipinski definition) is 1. The summed E-state index contributed by atoms with van der Waals surface area (Å²) in [5, 5.41) is 4.85. The van der Waals surface area contributed by atoms with E-state index < -0.39 is 11.6 Å². The molecule has 1 N–H and O–H groups in total. The first kappa shape index (κ1) is 18.6. The molecule has 0 spiro atoms. The average molecular weight is 406 g/mol. The second kappa shape index (κ2) is 7.69. The van der Waals surface area contributed by atoms with Gasteiger partial charge in [0.1, 0.15) is 5.75 Å². The molecule has 0 saturated carbocycles. The maximum Gasteiger partial charge on any atom is 0.347 e. The van der Waals surface area contributed by atoms with Gasteiger partial charge in [0, 0.05) is 18.2 Å². The molecule has 0 aliphatic rings. The van der Waals surface area contributed by atoms with Gasteiger partial charge in [-0.05, 0) is 53.9 Å². The third kappa shape index (κ3) is 4.07. The van der Waals surface area contributed by atoms with Crippen LogP contribution in [0.5, 0.6) is 5.75 Å². The van der Waals surface area contributed by atoms with E-state index in [-0.39, 0.29) is 22.9 Å². The van der Waals surface area contributed by atoms with E-state index in [1.165, 1.54) is 24.3 Å². The molecule has 4 rings (SSSR count). The summed E-state index contributed by atoms with van der Waals surface area (Å²) in [5.74, 6) is -0.271. The molecule has 4 aromatic rings. The lowest BCUT2D eigenvalue weighted by Crippen LogP contribution is -2.09. The number of thiophene rings is 1. The van der Waals surface area contributed by atoms with Crippen LogP contribution in [0, 0.1) is 0 Å². The van der Waals surface area contributed by atoms with Crippen molar-refractivity contribution in [1.29, 1.82) is 0 Å². The van der Waals surface area contributed by atoms with Crippen molar-refractivity contribution in [2.24, 2.45) is 0 Å². The molecule has 29 heavy (non-hydrogen) atoms. The van der Waals surface area contributed by atoms with Gasteiger partial charge in [0.05, 0.1) is 15.8 Å². The number of benzene rings is 2. The summed E-state index contributed by atoms with van der Waals surface area (Å²) in [6.45, 7) is 1.28. The maximum atomic E-state index is 12.4. The summed E-state index contributed by atoms with van der Waals surface area (Å²) in [5.41, 5.74) is 1.03. The summed E-state index contributed by atoms with van der Waals surface area (Å²) >= 11 is 1.36. The normalized spacial score (nSPS) is 10.7. The number of nitrogens with zero attached hydrogens (tertiary/aromatic N) is 1. The van der Waals surface area contributed by atoms with Crippen molar-refractivity contribution in [2.45, 2.75) is 6.92 Å². The van der Waals surface area contributed by atoms with Crippen LogP contribution < -0.4 is 15.7 Å². The Balaban J connectivity index is 1.60. The van der Waals surface area contributed by atoms with Crippen molar-refractivity contribution in [2.75, 3.05) is 5.32 Å². The Morgan fingerprint density at radius 1 is 1.10 bits per heavy atom. The standard InChI is InChI=1S/C21H14N2O5S/c1-12(24)27-15-8-9-17-16(11-15)21(26)28-20(23-17)13-4-6-14(7-5-13)22-19(25)18-3-2-10-29-18/h2-11H,1H3,(H,22,25). The minimum Gasteiger partial charge on any atom is -0.427 e. The molecule has 0 aliphatic carbocycles. The van der Waals surface area contributed by atoms with E-state index in [0.717, 1.165) is 0 Å². The molecule has 0 bridgehead atoms. The van der Waals surface area contributed by atoms with Crippen molar-refractivity contribution in [3.8, 4) is 17.2 Å². The molecule has 2 aromatic carbocycles. The Bertz CT molecular complexity index is 1260. The summed E-state index contributed by atoms with van der Waals surface area (Å²) < 4.78 is 10.3. The average Bonchev–Trinajstić information content (AvgIpc) is 3.23. The molecule has 1 amide bonds. The van der Waals surface area contributed by atoms with Gasteiger partial charge in [-0.25, -0.2) is 9.78 Å². The van der Waals surface area contributed by atoms with Crippen molar-refractivity contribution in [3.63, 3.8) is 0 Å². The van der Waals surface area contributed by atoms with Gasteiger partial charge in [0.2, 0.25) is 5.89 Å². The molecule has 7 nitrogen and oxygen atoms in total. The van der Waals surface area contributed by atoms with Gasteiger partial charge >= 0.3 is 11.6 Å². The molecule has 0 aliphatic heterocycles. The van der Waals surface area contributed by atoms with E-state index in [9.17, 15) is 14.4 Å². The van der Waals surface area contributed by atoms with Crippen molar-refractivity contribution in [1.82, 2.24) is 4.98 Å². The molecular weight excluding hydrogens is 392 g/mol. The minimum absolute atomic E-state index is 0.152. The molecule has 0 radical (unpaired) electrons. The minimum atomic E-state index is -0.589. The van der Waals surface area contributed by atoms with E-state index in [0.29, 0.717) is 21.6 Å². The Labute approximate surface area is 168 Å².